The molecule has 0 spiro atoms. The Bertz CT molecular complexity index is 534. The maximum Gasteiger partial charge on any atom is 0.137 e. The highest BCUT2D eigenvalue weighted by Gasteiger charge is 2.37. The zero-order valence-electron chi connectivity index (χ0n) is 13.9. The van der Waals surface area contributed by atoms with E-state index in [1.54, 1.807) is 7.11 Å². The van der Waals surface area contributed by atoms with Crippen molar-refractivity contribution in [2.45, 2.75) is 37.8 Å². The first-order valence-corrected chi connectivity index (χ1v) is 8.95. The van der Waals surface area contributed by atoms with Gasteiger partial charge in [-0.2, -0.15) is 0 Å². The Hall–Kier alpha value is -0.810. The zero-order valence-corrected chi connectivity index (χ0v) is 14.7. The van der Waals surface area contributed by atoms with E-state index in [-0.39, 0.29) is 0 Å². The van der Waals surface area contributed by atoms with Crippen molar-refractivity contribution in [2.24, 2.45) is 0 Å². The summed E-state index contributed by atoms with van der Waals surface area (Å²) in [5.41, 5.74) is 0.603. The van der Waals surface area contributed by atoms with Crippen LogP contribution in [0.2, 0.25) is 5.02 Å². The van der Waals surface area contributed by atoms with E-state index in [1.165, 1.54) is 19.3 Å². The van der Waals surface area contributed by atoms with Gasteiger partial charge in [0.1, 0.15) is 5.75 Å². The van der Waals surface area contributed by atoms with Crippen LogP contribution in [0.4, 0.5) is 0 Å². The number of aliphatic hydroxyl groups is 1. The fourth-order valence-corrected chi connectivity index (χ4v) is 4.09. The normalized spacial score (nSPS) is 26.6. The van der Waals surface area contributed by atoms with E-state index in [0.29, 0.717) is 10.8 Å². The van der Waals surface area contributed by atoms with Crippen molar-refractivity contribution in [1.29, 1.82) is 0 Å². The number of hydrogen-bond donors (Lipinski definition) is 1. The SMILES string of the molecule is COc1ccc(CN2CCC(O)(CN3CCCCC3)C2)cc1Cl. The minimum absolute atomic E-state index is 0.562. The summed E-state index contributed by atoms with van der Waals surface area (Å²) in [4.78, 5) is 4.75. The summed E-state index contributed by atoms with van der Waals surface area (Å²) in [5, 5.41) is 11.5. The number of piperidine rings is 1. The van der Waals surface area contributed by atoms with Gasteiger partial charge < -0.3 is 14.7 Å². The van der Waals surface area contributed by atoms with Crippen molar-refractivity contribution in [3.8, 4) is 5.75 Å². The summed E-state index contributed by atoms with van der Waals surface area (Å²) < 4.78 is 5.20. The quantitative estimate of drug-likeness (QED) is 0.895. The van der Waals surface area contributed by atoms with Crippen LogP contribution < -0.4 is 4.74 Å². The van der Waals surface area contributed by atoms with Crippen LogP contribution in [-0.4, -0.2) is 60.3 Å². The van der Waals surface area contributed by atoms with Crippen LogP contribution in [0, 0.1) is 0 Å². The number of methoxy groups -OCH3 is 1. The number of benzene rings is 1. The zero-order chi connectivity index (χ0) is 16.3. The molecule has 2 fully saturated rings. The molecule has 5 heteroatoms. The molecule has 1 atom stereocenters. The highest BCUT2D eigenvalue weighted by Crippen LogP contribution is 2.28. The molecule has 3 rings (SSSR count). The van der Waals surface area contributed by atoms with Crippen molar-refractivity contribution < 1.29 is 9.84 Å². The molecule has 4 nitrogen and oxygen atoms in total. The number of ether oxygens (including phenoxy) is 1. The second-order valence-corrected chi connectivity index (χ2v) is 7.40. The van der Waals surface area contributed by atoms with E-state index in [9.17, 15) is 5.11 Å². The third-order valence-corrected chi connectivity index (χ3v) is 5.30. The minimum atomic E-state index is -0.562. The Morgan fingerprint density at radius 2 is 1.96 bits per heavy atom. The molecule has 0 amide bonds. The summed E-state index contributed by atoms with van der Waals surface area (Å²) in [6.45, 7) is 5.59. The summed E-state index contributed by atoms with van der Waals surface area (Å²) >= 11 is 6.20. The molecule has 0 bridgehead atoms. The van der Waals surface area contributed by atoms with Gasteiger partial charge in [0.2, 0.25) is 0 Å². The second kappa shape index (κ2) is 7.39. The molecule has 0 aromatic heterocycles. The van der Waals surface area contributed by atoms with E-state index in [4.69, 9.17) is 16.3 Å². The van der Waals surface area contributed by atoms with Gasteiger partial charge in [0.25, 0.3) is 0 Å². The standard InChI is InChI=1S/C18H27ClN2O2/c1-23-17-6-5-15(11-16(17)19)12-21-10-7-18(22,14-21)13-20-8-3-2-4-9-20/h5-6,11,22H,2-4,7-10,12-14H2,1H3. The Kier molecular flexibility index (Phi) is 5.47. The lowest BCUT2D eigenvalue weighted by Crippen LogP contribution is -2.46. The third kappa shape index (κ3) is 4.38. The lowest BCUT2D eigenvalue weighted by Gasteiger charge is -2.33. The molecule has 2 aliphatic rings. The highest BCUT2D eigenvalue weighted by molar-refractivity contribution is 6.32. The van der Waals surface area contributed by atoms with E-state index < -0.39 is 5.60 Å². The van der Waals surface area contributed by atoms with Gasteiger partial charge in [0.05, 0.1) is 17.7 Å². The van der Waals surface area contributed by atoms with Crippen molar-refractivity contribution >= 4 is 11.6 Å². The molecule has 0 aliphatic carbocycles. The first kappa shape index (κ1) is 17.0. The first-order chi connectivity index (χ1) is 11.1. The molecule has 1 N–H and O–H groups in total. The summed E-state index contributed by atoms with van der Waals surface area (Å²) in [7, 11) is 1.63. The van der Waals surface area contributed by atoms with Crippen LogP contribution in [0.1, 0.15) is 31.2 Å². The molecule has 1 aromatic rings. The van der Waals surface area contributed by atoms with Crippen LogP contribution in [0.25, 0.3) is 0 Å². The van der Waals surface area contributed by atoms with Gasteiger partial charge in [-0.3, -0.25) is 4.90 Å². The largest absolute Gasteiger partial charge is 0.495 e. The van der Waals surface area contributed by atoms with Crippen LogP contribution in [-0.2, 0) is 6.54 Å². The molecule has 0 radical (unpaired) electrons. The smallest absolute Gasteiger partial charge is 0.137 e. The maximum atomic E-state index is 10.9. The Balaban J connectivity index is 1.55. The molecule has 128 valence electrons. The third-order valence-electron chi connectivity index (χ3n) is 5.00. The molecule has 1 unspecified atom stereocenters. The van der Waals surface area contributed by atoms with Gasteiger partial charge >= 0.3 is 0 Å². The average molecular weight is 339 g/mol. The maximum absolute atomic E-state index is 10.9. The summed E-state index contributed by atoms with van der Waals surface area (Å²) in [6, 6.07) is 5.92. The molecular weight excluding hydrogens is 312 g/mol. The molecule has 2 heterocycles. The average Bonchev–Trinajstić information content (AvgIpc) is 2.89. The molecule has 2 saturated heterocycles. The van der Waals surface area contributed by atoms with Crippen molar-refractivity contribution in [2.75, 3.05) is 39.8 Å². The van der Waals surface area contributed by atoms with E-state index >= 15 is 0 Å². The number of β-amino-alcohol motifs (C(OH)–C–C–N with tert-alkyl or cyclic N) is 1. The Morgan fingerprint density at radius 3 is 2.65 bits per heavy atom. The summed E-state index contributed by atoms with van der Waals surface area (Å²) in [6.07, 6.45) is 4.72. The van der Waals surface area contributed by atoms with E-state index in [1.807, 2.05) is 18.2 Å². The first-order valence-electron chi connectivity index (χ1n) is 8.57. The van der Waals surface area contributed by atoms with Gasteiger partial charge in [-0.1, -0.05) is 24.1 Å². The molecular formula is C18H27ClN2O2. The molecule has 2 aliphatic heterocycles. The van der Waals surface area contributed by atoms with Gasteiger partial charge in [0.15, 0.2) is 0 Å². The lowest BCUT2D eigenvalue weighted by molar-refractivity contribution is 0.00635. The van der Waals surface area contributed by atoms with Crippen LogP contribution in [0.5, 0.6) is 5.75 Å². The molecule has 23 heavy (non-hydrogen) atoms. The Labute approximate surface area is 144 Å². The van der Waals surface area contributed by atoms with Gasteiger partial charge in [-0.15, -0.1) is 0 Å². The van der Waals surface area contributed by atoms with Crippen molar-refractivity contribution in [3.05, 3.63) is 28.8 Å². The molecule has 1 aromatic carbocycles. The predicted octanol–water partition coefficient (Wildman–Crippen LogP) is 2.77. The number of nitrogens with zero attached hydrogens (tertiary/aromatic N) is 2. The number of rotatable bonds is 5. The fourth-order valence-electron chi connectivity index (χ4n) is 3.80. The van der Waals surface area contributed by atoms with Crippen molar-refractivity contribution in [1.82, 2.24) is 9.80 Å². The van der Waals surface area contributed by atoms with Crippen LogP contribution >= 0.6 is 11.6 Å². The predicted molar refractivity (Wildman–Crippen MR) is 93.1 cm³/mol. The number of likely N-dealkylation sites (tertiary alicyclic amines) is 2. The monoisotopic (exact) mass is 338 g/mol. The highest BCUT2D eigenvalue weighted by atomic mass is 35.5. The Morgan fingerprint density at radius 1 is 1.17 bits per heavy atom. The number of hydrogen-bond acceptors (Lipinski definition) is 4. The van der Waals surface area contributed by atoms with Gasteiger partial charge in [-0.05, 0) is 50.0 Å². The number of halogens is 1. The van der Waals surface area contributed by atoms with Gasteiger partial charge in [0, 0.05) is 26.2 Å². The topological polar surface area (TPSA) is 35.9 Å². The van der Waals surface area contributed by atoms with E-state index in [2.05, 4.69) is 9.80 Å². The second-order valence-electron chi connectivity index (χ2n) is 6.99. The minimum Gasteiger partial charge on any atom is -0.495 e. The van der Waals surface area contributed by atoms with Gasteiger partial charge in [-0.25, -0.2) is 0 Å². The lowest BCUT2D eigenvalue weighted by atomic mass is 10.0. The van der Waals surface area contributed by atoms with Crippen LogP contribution in [0.3, 0.4) is 0 Å². The van der Waals surface area contributed by atoms with E-state index in [0.717, 1.165) is 51.3 Å². The van der Waals surface area contributed by atoms with Crippen LogP contribution in [0.15, 0.2) is 18.2 Å². The summed E-state index contributed by atoms with van der Waals surface area (Å²) in [5.74, 6) is 0.707. The fraction of sp³-hybridized carbons (Fsp3) is 0.667. The van der Waals surface area contributed by atoms with Crippen molar-refractivity contribution in [3.63, 3.8) is 0 Å². The molecule has 0 saturated carbocycles.